The summed E-state index contributed by atoms with van der Waals surface area (Å²) in [6, 6.07) is 18.0. The number of hydrogen-bond donors (Lipinski definition) is 1. The van der Waals surface area contributed by atoms with Gasteiger partial charge in [-0.1, -0.05) is 36.4 Å². The van der Waals surface area contributed by atoms with Crippen molar-refractivity contribution in [2.24, 2.45) is 12.8 Å². The molecule has 4 heteroatoms. The lowest BCUT2D eigenvalue weighted by Gasteiger charge is -2.06. The van der Waals surface area contributed by atoms with Crippen LogP contribution >= 0.6 is 11.8 Å². The van der Waals surface area contributed by atoms with Gasteiger partial charge in [0.2, 0.25) is 0 Å². The van der Waals surface area contributed by atoms with Crippen LogP contribution in [0.1, 0.15) is 16.1 Å². The van der Waals surface area contributed by atoms with E-state index in [1.165, 1.54) is 4.90 Å². The number of nitrogens with zero attached hydrogens (tertiary/aromatic N) is 1. The molecule has 2 aromatic carbocycles. The van der Waals surface area contributed by atoms with E-state index in [9.17, 15) is 4.79 Å². The monoisotopic (exact) mass is 296 g/mol. The summed E-state index contributed by atoms with van der Waals surface area (Å²) >= 11 is 1.71. The number of para-hydroxylation sites is 1. The zero-order chi connectivity index (χ0) is 14.8. The first-order valence-corrected chi connectivity index (χ1v) is 7.71. The lowest BCUT2D eigenvalue weighted by atomic mass is 10.1. The molecule has 0 fully saturated rings. The number of rotatable bonds is 4. The molecule has 0 saturated heterocycles. The fraction of sp³-hybridized carbons (Fsp3) is 0.118. The molecule has 0 saturated carbocycles. The Kier molecular flexibility index (Phi) is 3.71. The molecule has 3 nitrogen and oxygen atoms in total. The first-order valence-electron chi connectivity index (χ1n) is 6.72. The van der Waals surface area contributed by atoms with Gasteiger partial charge in [0.15, 0.2) is 0 Å². The van der Waals surface area contributed by atoms with Crippen molar-refractivity contribution in [3.05, 3.63) is 65.9 Å². The second-order valence-electron chi connectivity index (χ2n) is 4.86. The van der Waals surface area contributed by atoms with E-state index >= 15 is 0 Å². The van der Waals surface area contributed by atoms with Gasteiger partial charge in [0.05, 0.1) is 5.56 Å². The summed E-state index contributed by atoms with van der Waals surface area (Å²) in [7, 11) is 1.98. The molecule has 1 heterocycles. The van der Waals surface area contributed by atoms with E-state index in [0.29, 0.717) is 11.3 Å². The van der Waals surface area contributed by atoms with Gasteiger partial charge in [-0.25, -0.2) is 0 Å². The lowest BCUT2D eigenvalue weighted by Crippen LogP contribution is -2.13. The maximum atomic E-state index is 11.9. The van der Waals surface area contributed by atoms with Gasteiger partial charge in [-0.3, -0.25) is 4.79 Å². The van der Waals surface area contributed by atoms with Crippen LogP contribution in [0.15, 0.2) is 59.5 Å². The van der Waals surface area contributed by atoms with E-state index < -0.39 is 0 Å². The maximum absolute atomic E-state index is 11.9. The first kappa shape index (κ1) is 13.8. The number of amides is 1. The fourth-order valence-electron chi connectivity index (χ4n) is 2.56. The number of aromatic nitrogens is 1. The summed E-state index contributed by atoms with van der Waals surface area (Å²) in [5.74, 6) is 0.350. The van der Waals surface area contributed by atoms with Crippen molar-refractivity contribution in [1.29, 1.82) is 0 Å². The highest BCUT2D eigenvalue weighted by Gasteiger charge is 2.18. The summed E-state index contributed by atoms with van der Waals surface area (Å²) < 4.78 is 2.06. The van der Waals surface area contributed by atoms with Crippen molar-refractivity contribution in [1.82, 2.24) is 4.57 Å². The molecule has 1 amide bonds. The second-order valence-corrected chi connectivity index (χ2v) is 5.91. The number of fused-ring (bicyclic) bond motifs is 1. The predicted octanol–water partition coefficient (Wildman–Crippen LogP) is 3.57. The number of benzene rings is 2. The average molecular weight is 296 g/mol. The molecule has 0 aliphatic heterocycles. The van der Waals surface area contributed by atoms with Crippen molar-refractivity contribution in [2.45, 2.75) is 10.6 Å². The average Bonchev–Trinajstić information content (AvgIpc) is 2.79. The van der Waals surface area contributed by atoms with Gasteiger partial charge < -0.3 is 10.3 Å². The van der Waals surface area contributed by atoms with Gasteiger partial charge in [-0.15, -0.1) is 11.8 Å². The molecule has 3 aromatic rings. The minimum Gasteiger partial charge on any atom is -0.366 e. The molecule has 0 unspecified atom stereocenters. The highest BCUT2D eigenvalue weighted by Crippen LogP contribution is 2.30. The van der Waals surface area contributed by atoms with Crippen molar-refractivity contribution in [2.75, 3.05) is 0 Å². The van der Waals surface area contributed by atoms with Gasteiger partial charge in [0.25, 0.3) is 5.91 Å². The van der Waals surface area contributed by atoms with E-state index in [4.69, 9.17) is 5.73 Å². The first-order chi connectivity index (χ1) is 10.2. The Hall–Kier alpha value is -2.20. The summed E-state index contributed by atoms with van der Waals surface area (Å²) in [5.41, 5.74) is 8.24. The highest BCUT2D eigenvalue weighted by molar-refractivity contribution is 7.98. The lowest BCUT2D eigenvalue weighted by molar-refractivity contribution is 0.100. The topological polar surface area (TPSA) is 48.0 Å². The van der Waals surface area contributed by atoms with Crippen molar-refractivity contribution in [3.8, 4) is 0 Å². The molecule has 0 atom stereocenters. The Morgan fingerprint density at radius 1 is 1.10 bits per heavy atom. The predicted molar refractivity (Wildman–Crippen MR) is 87.4 cm³/mol. The second kappa shape index (κ2) is 5.66. The quantitative estimate of drug-likeness (QED) is 0.748. The Morgan fingerprint density at radius 2 is 1.76 bits per heavy atom. The third-order valence-corrected chi connectivity index (χ3v) is 4.62. The summed E-state index contributed by atoms with van der Waals surface area (Å²) in [6.07, 6.45) is 0. The molecule has 0 aliphatic rings. The van der Waals surface area contributed by atoms with Crippen LogP contribution in [0.5, 0.6) is 0 Å². The number of carbonyl (C=O) groups is 1. The molecular weight excluding hydrogens is 280 g/mol. The Morgan fingerprint density at radius 3 is 2.48 bits per heavy atom. The minimum absolute atomic E-state index is 0.365. The van der Waals surface area contributed by atoms with E-state index in [2.05, 4.69) is 16.7 Å². The zero-order valence-electron chi connectivity index (χ0n) is 11.7. The van der Waals surface area contributed by atoms with Gasteiger partial charge in [-0.05, 0) is 18.2 Å². The van der Waals surface area contributed by atoms with Gasteiger partial charge in [0, 0.05) is 34.3 Å². The van der Waals surface area contributed by atoms with Gasteiger partial charge >= 0.3 is 0 Å². The maximum Gasteiger partial charge on any atom is 0.251 e. The standard InChI is InChI=1S/C17H16N2OS/c1-19-14-10-6-5-9-13(14)16(17(18)20)15(19)11-21-12-7-3-2-4-8-12/h2-10H,11H2,1H3,(H2,18,20). The van der Waals surface area contributed by atoms with E-state index in [1.807, 2.05) is 49.5 Å². The number of carbonyl (C=O) groups excluding carboxylic acids is 1. The number of aryl methyl sites for hydroxylation is 1. The van der Waals surface area contributed by atoms with E-state index in [1.54, 1.807) is 11.8 Å². The Balaban J connectivity index is 2.03. The van der Waals surface area contributed by atoms with Crippen LogP contribution in [0.4, 0.5) is 0 Å². The number of primary amides is 1. The largest absolute Gasteiger partial charge is 0.366 e. The van der Waals surface area contributed by atoms with E-state index in [-0.39, 0.29) is 5.91 Å². The van der Waals surface area contributed by atoms with Crippen LogP contribution in [0.2, 0.25) is 0 Å². The van der Waals surface area contributed by atoms with Crippen molar-refractivity contribution in [3.63, 3.8) is 0 Å². The van der Waals surface area contributed by atoms with Crippen LogP contribution in [-0.4, -0.2) is 10.5 Å². The third-order valence-electron chi connectivity index (χ3n) is 3.59. The normalized spacial score (nSPS) is 10.9. The highest BCUT2D eigenvalue weighted by atomic mass is 32.2. The smallest absolute Gasteiger partial charge is 0.251 e. The Labute approximate surface area is 127 Å². The van der Waals surface area contributed by atoms with Crippen LogP contribution in [-0.2, 0) is 12.8 Å². The zero-order valence-corrected chi connectivity index (χ0v) is 12.6. The van der Waals surface area contributed by atoms with Crippen LogP contribution < -0.4 is 5.73 Å². The summed E-state index contributed by atoms with van der Waals surface area (Å²) in [5, 5.41) is 0.927. The molecule has 3 rings (SSSR count). The SMILES string of the molecule is Cn1c(CSc2ccccc2)c(C(N)=O)c2ccccc21. The van der Waals surface area contributed by atoms with Crippen LogP contribution in [0.3, 0.4) is 0 Å². The molecule has 0 aliphatic carbocycles. The van der Waals surface area contributed by atoms with Gasteiger partial charge in [0.1, 0.15) is 0 Å². The molecule has 1 aromatic heterocycles. The molecule has 0 radical (unpaired) electrons. The van der Waals surface area contributed by atoms with Crippen molar-refractivity contribution >= 4 is 28.6 Å². The number of nitrogens with two attached hydrogens (primary N) is 1. The fourth-order valence-corrected chi connectivity index (χ4v) is 3.55. The molecule has 21 heavy (non-hydrogen) atoms. The number of hydrogen-bond acceptors (Lipinski definition) is 2. The molecule has 106 valence electrons. The summed E-state index contributed by atoms with van der Waals surface area (Å²) in [4.78, 5) is 13.0. The van der Waals surface area contributed by atoms with Gasteiger partial charge in [-0.2, -0.15) is 0 Å². The number of thioether (sulfide) groups is 1. The minimum atomic E-state index is -0.365. The Bertz CT molecular complexity index is 793. The third kappa shape index (κ3) is 2.54. The van der Waals surface area contributed by atoms with E-state index in [0.717, 1.165) is 16.6 Å². The summed E-state index contributed by atoms with van der Waals surface area (Å²) in [6.45, 7) is 0. The molecule has 0 spiro atoms. The van der Waals surface area contributed by atoms with Crippen molar-refractivity contribution < 1.29 is 4.79 Å². The van der Waals surface area contributed by atoms with Crippen LogP contribution in [0.25, 0.3) is 10.9 Å². The molecule has 2 N–H and O–H groups in total. The van der Waals surface area contributed by atoms with Crippen LogP contribution in [0, 0.1) is 0 Å². The molecule has 0 bridgehead atoms. The molecular formula is C17H16N2OS.